The van der Waals surface area contributed by atoms with Gasteiger partial charge in [-0.25, -0.2) is 0 Å². The number of carbonyl (C=O) groups excluding carboxylic acids is 1. The number of rotatable bonds is 6. The third kappa shape index (κ3) is 3.59. The molecule has 82 valence electrons. The summed E-state index contributed by atoms with van der Waals surface area (Å²) in [5, 5.41) is 8.75. The average molecular weight is 218 g/mol. The van der Waals surface area contributed by atoms with Crippen LogP contribution in [0.15, 0.2) is 0 Å². The first-order valence-corrected chi connectivity index (χ1v) is 5.18. The molecule has 0 spiro atoms. The van der Waals surface area contributed by atoms with Crippen LogP contribution in [0.1, 0.15) is 20.3 Å². The number of amides is 1. The smallest absolute Gasteiger partial charge is 0.232 e. The highest BCUT2D eigenvalue weighted by atomic mass is 32.1. The van der Waals surface area contributed by atoms with Crippen LogP contribution in [-0.4, -0.2) is 40.6 Å². The van der Waals surface area contributed by atoms with E-state index in [1.165, 1.54) is 0 Å². The van der Waals surface area contributed by atoms with E-state index >= 15 is 0 Å². The number of hydrogen-bond donors (Lipinski definition) is 2. The number of aliphatic hydroxyl groups excluding tert-OH is 1. The highest BCUT2D eigenvalue weighted by molar-refractivity contribution is 7.80. The highest BCUT2D eigenvalue weighted by Crippen LogP contribution is 2.08. The van der Waals surface area contributed by atoms with Gasteiger partial charge in [0.25, 0.3) is 0 Å². The Hall–Kier alpha value is -0.680. The van der Waals surface area contributed by atoms with Crippen LogP contribution < -0.4 is 5.73 Å². The number of nitrogens with two attached hydrogens (primary N) is 1. The molecule has 0 heterocycles. The Balaban J connectivity index is 4.45. The summed E-state index contributed by atoms with van der Waals surface area (Å²) in [6.45, 7) is 4.61. The molecule has 1 amide bonds. The molecule has 0 aromatic rings. The molecule has 0 saturated heterocycles. The van der Waals surface area contributed by atoms with Crippen LogP contribution in [-0.2, 0) is 4.79 Å². The summed E-state index contributed by atoms with van der Waals surface area (Å²) in [5.41, 5.74) is 5.46. The second-order valence-electron chi connectivity index (χ2n) is 3.00. The second-order valence-corrected chi connectivity index (χ2v) is 3.48. The molecule has 0 saturated carbocycles. The van der Waals surface area contributed by atoms with Crippen LogP contribution in [0, 0.1) is 5.92 Å². The molecule has 0 aliphatic heterocycles. The fourth-order valence-corrected chi connectivity index (χ4v) is 1.53. The molecule has 0 bridgehead atoms. The van der Waals surface area contributed by atoms with Crippen molar-refractivity contribution in [2.45, 2.75) is 20.3 Å². The lowest BCUT2D eigenvalue weighted by Crippen LogP contribution is -2.42. The SMILES string of the molecule is CCC(C(=O)N(CC)CCO)C(N)=S. The van der Waals surface area contributed by atoms with E-state index in [0.29, 0.717) is 19.5 Å². The normalized spacial score (nSPS) is 12.2. The van der Waals surface area contributed by atoms with Crippen LogP contribution in [0.2, 0.25) is 0 Å². The van der Waals surface area contributed by atoms with Gasteiger partial charge in [-0.2, -0.15) is 0 Å². The summed E-state index contributed by atoms with van der Waals surface area (Å²) in [4.78, 5) is 13.6. The molecular weight excluding hydrogens is 200 g/mol. The van der Waals surface area contributed by atoms with E-state index in [-0.39, 0.29) is 17.5 Å². The Morgan fingerprint density at radius 2 is 2.14 bits per heavy atom. The van der Waals surface area contributed by atoms with Gasteiger partial charge in [0.15, 0.2) is 0 Å². The Morgan fingerprint density at radius 3 is 2.43 bits per heavy atom. The number of carbonyl (C=O) groups is 1. The number of likely N-dealkylation sites (N-methyl/N-ethyl adjacent to an activating group) is 1. The Bertz CT molecular complexity index is 209. The fraction of sp³-hybridized carbons (Fsp3) is 0.778. The lowest BCUT2D eigenvalue weighted by molar-refractivity contribution is -0.133. The molecule has 0 fully saturated rings. The van der Waals surface area contributed by atoms with Crippen LogP contribution >= 0.6 is 12.2 Å². The van der Waals surface area contributed by atoms with E-state index in [0.717, 1.165) is 0 Å². The molecule has 0 aromatic heterocycles. The second kappa shape index (κ2) is 6.73. The first kappa shape index (κ1) is 13.3. The van der Waals surface area contributed by atoms with Gasteiger partial charge in [0.1, 0.15) is 0 Å². The minimum Gasteiger partial charge on any atom is -0.395 e. The van der Waals surface area contributed by atoms with Gasteiger partial charge in [0.05, 0.1) is 17.5 Å². The molecule has 0 rings (SSSR count). The molecular formula is C9H18N2O2S. The van der Waals surface area contributed by atoms with Crippen LogP contribution in [0.4, 0.5) is 0 Å². The predicted molar refractivity (Wildman–Crippen MR) is 59.9 cm³/mol. The zero-order valence-electron chi connectivity index (χ0n) is 8.69. The van der Waals surface area contributed by atoms with E-state index in [4.69, 9.17) is 23.1 Å². The predicted octanol–water partition coefficient (Wildman–Crippen LogP) is 0.140. The van der Waals surface area contributed by atoms with Crippen LogP contribution in [0.5, 0.6) is 0 Å². The van der Waals surface area contributed by atoms with Gasteiger partial charge in [-0.15, -0.1) is 0 Å². The Kier molecular flexibility index (Phi) is 6.40. The molecule has 0 aliphatic carbocycles. The molecule has 3 N–H and O–H groups in total. The third-order valence-electron chi connectivity index (χ3n) is 2.11. The monoisotopic (exact) mass is 218 g/mol. The van der Waals surface area contributed by atoms with Gasteiger partial charge in [-0.3, -0.25) is 4.79 Å². The van der Waals surface area contributed by atoms with Crippen molar-refractivity contribution >= 4 is 23.1 Å². The Labute approximate surface area is 90.1 Å². The van der Waals surface area contributed by atoms with Crippen LogP contribution in [0.25, 0.3) is 0 Å². The van der Waals surface area contributed by atoms with Crippen molar-refractivity contribution < 1.29 is 9.90 Å². The van der Waals surface area contributed by atoms with E-state index in [1.807, 2.05) is 13.8 Å². The quantitative estimate of drug-likeness (QED) is 0.622. The van der Waals surface area contributed by atoms with Crippen molar-refractivity contribution in [2.24, 2.45) is 11.7 Å². The number of hydrogen-bond acceptors (Lipinski definition) is 3. The average Bonchev–Trinajstić information content (AvgIpc) is 2.14. The first-order valence-electron chi connectivity index (χ1n) is 4.77. The maximum Gasteiger partial charge on any atom is 0.232 e. The molecule has 5 heteroatoms. The van der Waals surface area contributed by atoms with Crippen molar-refractivity contribution in [3.05, 3.63) is 0 Å². The molecule has 0 radical (unpaired) electrons. The van der Waals surface area contributed by atoms with Crippen molar-refractivity contribution in [2.75, 3.05) is 19.7 Å². The topological polar surface area (TPSA) is 66.6 Å². The molecule has 0 aliphatic rings. The maximum absolute atomic E-state index is 11.8. The van der Waals surface area contributed by atoms with Crippen molar-refractivity contribution in [1.29, 1.82) is 0 Å². The van der Waals surface area contributed by atoms with Crippen molar-refractivity contribution in [3.63, 3.8) is 0 Å². The van der Waals surface area contributed by atoms with Crippen LogP contribution in [0.3, 0.4) is 0 Å². The Morgan fingerprint density at radius 1 is 1.57 bits per heavy atom. The largest absolute Gasteiger partial charge is 0.395 e. The number of aliphatic hydroxyl groups is 1. The molecule has 0 aromatic carbocycles. The minimum atomic E-state index is -0.392. The van der Waals surface area contributed by atoms with Gasteiger partial charge < -0.3 is 15.7 Å². The first-order chi connectivity index (χ1) is 6.58. The summed E-state index contributed by atoms with van der Waals surface area (Å²) in [6, 6.07) is 0. The highest BCUT2D eigenvalue weighted by Gasteiger charge is 2.23. The van der Waals surface area contributed by atoms with Crippen molar-refractivity contribution in [3.8, 4) is 0 Å². The summed E-state index contributed by atoms with van der Waals surface area (Å²) >= 11 is 4.81. The van der Waals surface area contributed by atoms with Crippen molar-refractivity contribution in [1.82, 2.24) is 4.90 Å². The number of nitrogens with zero attached hydrogens (tertiary/aromatic N) is 1. The van der Waals surface area contributed by atoms with Gasteiger partial charge in [0, 0.05) is 13.1 Å². The van der Waals surface area contributed by atoms with Gasteiger partial charge in [-0.05, 0) is 13.3 Å². The van der Waals surface area contributed by atoms with E-state index < -0.39 is 5.92 Å². The maximum atomic E-state index is 11.8. The van der Waals surface area contributed by atoms with E-state index in [2.05, 4.69) is 0 Å². The standard InChI is InChI=1S/C9H18N2O2S/c1-3-7(8(10)14)9(13)11(4-2)5-6-12/h7,12H,3-6H2,1-2H3,(H2,10,14). The fourth-order valence-electron chi connectivity index (χ4n) is 1.26. The molecule has 4 nitrogen and oxygen atoms in total. The molecule has 1 unspecified atom stereocenters. The minimum absolute atomic E-state index is 0.0344. The number of thiocarbonyl (C=S) groups is 1. The lowest BCUT2D eigenvalue weighted by Gasteiger charge is -2.24. The van der Waals surface area contributed by atoms with E-state index in [9.17, 15) is 4.79 Å². The summed E-state index contributed by atoms with van der Waals surface area (Å²) < 4.78 is 0. The summed E-state index contributed by atoms with van der Waals surface area (Å²) in [6.07, 6.45) is 0.607. The van der Waals surface area contributed by atoms with Gasteiger partial charge in [0.2, 0.25) is 5.91 Å². The zero-order chi connectivity index (χ0) is 11.1. The third-order valence-corrected chi connectivity index (χ3v) is 2.40. The zero-order valence-corrected chi connectivity index (χ0v) is 9.51. The van der Waals surface area contributed by atoms with E-state index in [1.54, 1.807) is 4.90 Å². The lowest BCUT2D eigenvalue weighted by atomic mass is 10.1. The molecule has 1 atom stereocenters. The summed E-state index contributed by atoms with van der Waals surface area (Å²) in [7, 11) is 0. The van der Waals surface area contributed by atoms with Gasteiger partial charge in [-0.1, -0.05) is 19.1 Å². The summed E-state index contributed by atoms with van der Waals surface area (Å²) in [5.74, 6) is -0.479. The molecule has 14 heavy (non-hydrogen) atoms. The van der Waals surface area contributed by atoms with Gasteiger partial charge >= 0.3 is 0 Å².